The number of hydrogen-bond acceptors (Lipinski definition) is 5. The molecule has 1 aliphatic heterocycles. The summed E-state index contributed by atoms with van der Waals surface area (Å²) in [5.74, 6) is 0. The smallest absolute Gasteiger partial charge is 0.373 e. The third-order valence-corrected chi connectivity index (χ3v) is 3.12. The highest BCUT2D eigenvalue weighted by Gasteiger charge is 2.38. The van der Waals surface area contributed by atoms with Gasteiger partial charge in [0, 0.05) is 0 Å². The molecule has 1 heterocycles. The molecule has 0 amide bonds. The first-order valence-corrected chi connectivity index (χ1v) is 7.66. The van der Waals surface area contributed by atoms with Crippen molar-refractivity contribution in [1.29, 1.82) is 0 Å². The fourth-order valence-electron chi connectivity index (χ4n) is 0.863. The zero-order valence-electron chi connectivity index (χ0n) is 11.5. The van der Waals surface area contributed by atoms with E-state index in [9.17, 15) is 4.89 Å². The summed E-state index contributed by atoms with van der Waals surface area (Å²) in [4.78, 5) is 9.24. The van der Waals surface area contributed by atoms with Crippen LogP contribution >= 0.6 is 7.94 Å². The second-order valence-electron chi connectivity index (χ2n) is 3.03. The van der Waals surface area contributed by atoms with Gasteiger partial charge < -0.3 is 9.84 Å². The molecule has 1 aliphatic rings. The maximum atomic E-state index is 9.24. The minimum absolute atomic E-state index is 0.352. The Bertz CT molecular complexity index is 197. The van der Waals surface area contributed by atoms with Gasteiger partial charge in [0.15, 0.2) is 0 Å². The maximum absolute atomic E-state index is 9.24. The number of allylic oxidation sites excluding steroid dienone is 1. The summed E-state index contributed by atoms with van der Waals surface area (Å²) in [5.41, 5.74) is 0. The molecule has 0 saturated heterocycles. The Morgan fingerprint density at radius 2 is 1.67 bits per heavy atom. The lowest BCUT2D eigenvalue weighted by molar-refractivity contribution is 0.162. The van der Waals surface area contributed by atoms with Crippen molar-refractivity contribution in [3.05, 3.63) is 24.8 Å². The van der Waals surface area contributed by atoms with E-state index in [-0.39, 0.29) is 0 Å². The Morgan fingerprint density at radius 3 is 1.83 bits per heavy atom. The van der Waals surface area contributed by atoms with E-state index in [1.165, 1.54) is 0 Å². The number of ether oxygens (including phenoxy) is 1. The second kappa shape index (κ2) is 14.8. The molecular formula is C12H26O5P+. The van der Waals surface area contributed by atoms with Gasteiger partial charge in [-0.25, -0.2) is 0 Å². The lowest BCUT2D eigenvalue weighted by atomic mass is 10.6. The van der Waals surface area contributed by atoms with Crippen LogP contribution in [0.5, 0.6) is 0 Å². The van der Waals surface area contributed by atoms with Gasteiger partial charge in [-0.15, -0.1) is 6.58 Å². The Kier molecular flexibility index (Phi) is 16.4. The third-order valence-electron chi connectivity index (χ3n) is 1.44. The number of aliphatic hydroxyl groups excluding tert-OH is 1. The molecule has 0 aromatic rings. The molecule has 0 fully saturated rings. The van der Waals surface area contributed by atoms with Gasteiger partial charge >= 0.3 is 7.94 Å². The summed E-state index contributed by atoms with van der Waals surface area (Å²) in [7, 11) is -2.89. The molecule has 0 aliphatic carbocycles. The average molecular weight is 281 g/mol. The van der Waals surface area contributed by atoms with Crippen molar-refractivity contribution >= 4 is 7.94 Å². The first kappa shape index (κ1) is 20.0. The molecular weight excluding hydrogens is 255 g/mol. The van der Waals surface area contributed by atoms with Crippen molar-refractivity contribution in [2.45, 2.75) is 20.8 Å². The fourth-order valence-corrected chi connectivity index (χ4v) is 1.91. The normalized spacial score (nSPS) is 13.2. The summed E-state index contributed by atoms with van der Waals surface area (Å²) >= 11 is 0. The summed E-state index contributed by atoms with van der Waals surface area (Å²) in [6.07, 6.45) is 5.34. The van der Waals surface area contributed by atoms with E-state index < -0.39 is 14.3 Å². The Balaban J connectivity index is 0. The summed E-state index contributed by atoms with van der Waals surface area (Å²) < 4.78 is 14.5. The SMILES string of the molecule is C1=CCOC1.C=CC.CCO[P+](O)(CO)OCC. The molecule has 0 spiro atoms. The molecule has 0 unspecified atom stereocenters. The molecule has 0 bridgehead atoms. The minimum Gasteiger partial charge on any atom is -0.373 e. The van der Waals surface area contributed by atoms with E-state index >= 15 is 0 Å². The van der Waals surface area contributed by atoms with Gasteiger partial charge in [0.1, 0.15) is 0 Å². The monoisotopic (exact) mass is 281 g/mol. The highest BCUT2D eigenvalue weighted by Crippen LogP contribution is 2.55. The molecule has 5 nitrogen and oxygen atoms in total. The van der Waals surface area contributed by atoms with Crippen LogP contribution in [0, 0.1) is 0 Å². The van der Waals surface area contributed by atoms with Crippen molar-refractivity contribution < 1.29 is 23.8 Å². The van der Waals surface area contributed by atoms with Crippen LogP contribution in [-0.4, -0.2) is 42.8 Å². The van der Waals surface area contributed by atoms with Crippen LogP contribution in [-0.2, 0) is 13.8 Å². The first-order chi connectivity index (χ1) is 8.60. The number of aliphatic hydroxyl groups is 1. The highest BCUT2D eigenvalue weighted by atomic mass is 31.2. The highest BCUT2D eigenvalue weighted by molar-refractivity contribution is 7.60. The van der Waals surface area contributed by atoms with E-state index in [1.54, 1.807) is 19.9 Å². The van der Waals surface area contributed by atoms with Gasteiger partial charge in [-0.05, 0) is 20.8 Å². The van der Waals surface area contributed by atoms with Gasteiger partial charge in [0.25, 0.3) is 0 Å². The van der Waals surface area contributed by atoms with E-state index in [0.717, 1.165) is 13.2 Å². The lowest BCUT2D eigenvalue weighted by Gasteiger charge is -2.11. The van der Waals surface area contributed by atoms with E-state index in [1.807, 2.05) is 19.1 Å². The van der Waals surface area contributed by atoms with Crippen LogP contribution in [0.15, 0.2) is 24.8 Å². The summed E-state index contributed by atoms with van der Waals surface area (Å²) in [6, 6.07) is 0. The van der Waals surface area contributed by atoms with Gasteiger partial charge in [0.2, 0.25) is 6.35 Å². The van der Waals surface area contributed by atoms with E-state index in [0.29, 0.717) is 13.2 Å². The zero-order chi connectivity index (χ0) is 14.3. The number of hydrogen-bond donors (Lipinski definition) is 2. The largest absolute Gasteiger partial charge is 0.436 e. The third kappa shape index (κ3) is 13.8. The van der Waals surface area contributed by atoms with E-state index in [2.05, 4.69) is 6.58 Å². The molecule has 0 radical (unpaired) electrons. The van der Waals surface area contributed by atoms with Crippen LogP contribution < -0.4 is 0 Å². The standard InChI is InChI=1S/C5H14O4P.C4H6O.C3H6/c1-3-8-10(7,5-6)9-4-2;1-2-4-5-3-1;1-3-2/h6-7H,3-5H2,1-2H3;1-2H,3-4H2;3H,1H2,2H3/q+1;;. The van der Waals surface area contributed by atoms with Crippen LogP contribution in [0.1, 0.15) is 20.8 Å². The molecule has 2 N–H and O–H groups in total. The van der Waals surface area contributed by atoms with Crippen LogP contribution in [0.4, 0.5) is 0 Å². The molecule has 0 aromatic heterocycles. The maximum Gasteiger partial charge on any atom is 0.436 e. The number of rotatable bonds is 5. The Labute approximate surface area is 111 Å². The predicted octanol–water partition coefficient (Wildman–Crippen LogP) is 2.53. The topological polar surface area (TPSA) is 68.2 Å². The molecule has 1 rings (SSSR count). The van der Waals surface area contributed by atoms with Gasteiger partial charge in [-0.3, -0.25) is 0 Å². The fraction of sp³-hybridized carbons (Fsp3) is 0.667. The first-order valence-electron chi connectivity index (χ1n) is 5.90. The Hall–Kier alpha value is -0.290. The van der Waals surface area contributed by atoms with E-state index in [4.69, 9.17) is 18.9 Å². The van der Waals surface area contributed by atoms with Crippen LogP contribution in [0.2, 0.25) is 0 Å². The lowest BCUT2D eigenvalue weighted by Crippen LogP contribution is -2.05. The van der Waals surface area contributed by atoms with Gasteiger partial charge in [-0.2, -0.15) is 13.9 Å². The molecule has 18 heavy (non-hydrogen) atoms. The van der Waals surface area contributed by atoms with Crippen molar-refractivity contribution in [2.75, 3.05) is 32.8 Å². The van der Waals surface area contributed by atoms with Crippen LogP contribution in [0.25, 0.3) is 0 Å². The van der Waals surface area contributed by atoms with Gasteiger partial charge in [0.05, 0.1) is 26.4 Å². The molecule has 0 saturated carbocycles. The summed E-state index contributed by atoms with van der Waals surface area (Å²) in [6.45, 7) is 11.1. The van der Waals surface area contributed by atoms with Crippen molar-refractivity contribution in [1.82, 2.24) is 0 Å². The summed E-state index contributed by atoms with van der Waals surface area (Å²) in [5, 5.41) is 8.60. The van der Waals surface area contributed by atoms with Crippen molar-refractivity contribution in [3.63, 3.8) is 0 Å². The predicted molar refractivity (Wildman–Crippen MR) is 75.3 cm³/mol. The minimum atomic E-state index is -2.89. The van der Waals surface area contributed by atoms with Crippen molar-refractivity contribution in [2.24, 2.45) is 0 Å². The Morgan fingerprint density at radius 1 is 1.28 bits per heavy atom. The van der Waals surface area contributed by atoms with Gasteiger partial charge in [-0.1, -0.05) is 18.2 Å². The second-order valence-corrected chi connectivity index (χ2v) is 5.11. The molecule has 108 valence electrons. The van der Waals surface area contributed by atoms with Crippen LogP contribution in [0.3, 0.4) is 0 Å². The zero-order valence-corrected chi connectivity index (χ0v) is 12.4. The molecule has 0 atom stereocenters. The quantitative estimate of drug-likeness (QED) is 0.598. The molecule has 0 aromatic carbocycles. The van der Waals surface area contributed by atoms with Crippen molar-refractivity contribution in [3.8, 4) is 0 Å². The molecule has 6 heteroatoms. The average Bonchev–Trinajstić information content (AvgIpc) is 2.89.